The number of nitrogens with zero attached hydrogens (tertiary/aromatic N) is 1. The molecule has 0 aliphatic rings. The standard InChI is InChI=1S/C24H31FN2O2/c1-4-5-9-16-26-23(28)22(20-10-7-6-8-11-20)27(24(29)18(2)3)17-19-12-14-21(25)15-13-19/h6-8,10-15,18,22H,4-5,9,16-17H2,1-3H3,(H,26,28)/t22-/m1/s1. The molecule has 29 heavy (non-hydrogen) atoms. The monoisotopic (exact) mass is 398 g/mol. The molecule has 0 radical (unpaired) electrons. The number of halogens is 1. The summed E-state index contributed by atoms with van der Waals surface area (Å²) < 4.78 is 13.3. The van der Waals surface area contributed by atoms with Crippen molar-refractivity contribution < 1.29 is 14.0 Å². The van der Waals surface area contributed by atoms with E-state index in [1.165, 1.54) is 12.1 Å². The van der Waals surface area contributed by atoms with E-state index in [-0.39, 0.29) is 30.1 Å². The van der Waals surface area contributed by atoms with Gasteiger partial charge in [0.2, 0.25) is 11.8 Å². The molecule has 2 aromatic rings. The van der Waals surface area contributed by atoms with Gasteiger partial charge < -0.3 is 10.2 Å². The molecule has 0 bridgehead atoms. The third-order valence-corrected chi connectivity index (χ3v) is 4.80. The van der Waals surface area contributed by atoms with E-state index in [1.54, 1.807) is 17.0 Å². The summed E-state index contributed by atoms with van der Waals surface area (Å²) in [5.41, 5.74) is 1.54. The lowest BCUT2D eigenvalue weighted by Crippen LogP contribution is -2.45. The molecule has 2 aromatic carbocycles. The Morgan fingerprint density at radius 1 is 1.00 bits per heavy atom. The van der Waals surface area contributed by atoms with Gasteiger partial charge >= 0.3 is 0 Å². The largest absolute Gasteiger partial charge is 0.354 e. The molecule has 0 aromatic heterocycles. The van der Waals surface area contributed by atoms with Gasteiger partial charge in [0, 0.05) is 19.0 Å². The second kappa shape index (κ2) is 11.3. The highest BCUT2D eigenvalue weighted by atomic mass is 19.1. The third-order valence-electron chi connectivity index (χ3n) is 4.80. The lowest BCUT2D eigenvalue weighted by Gasteiger charge is -2.33. The van der Waals surface area contributed by atoms with Crippen LogP contribution >= 0.6 is 0 Å². The molecule has 1 atom stereocenters. The van der Waals surface area contributed by atoms with Crippen LogP contribution in [0.25, 0.3) is 0 Å². The Morgan fingerprint density at radius 3 is 2.24 bits per heavy atom. The Morgan fingerprint density at radius 2 is 1.66 bits per heavy atom. The van der Waals surface area contributed by atoms with Gasteiger partial charge in [-0.3, -0.25) is 9.59 Å². The van der Waals surface area contributed by atoms with Gasteiger partial charge in [0.25, 0.3) is 0 Å². The van der Waals surface area contributed by atoms with Crippen molar-refractivity contribution in [3.8, 4) is 0 Å². The molecule has 1 N–H and O–H groups in total. The quantitative estimate of drug-likeness (QED) is 0.581. The van der Waals surface area contributed by atoms with E-state index in [1.807, 2.05) is 44.2 Å². The summed E-state index contributed by atoms with van der Waals surface area (Å²) in [4.78, 5) is 27.8. The van der Waals surface area contributed by atoms with Crippen LogP contribution in [0.2, 0.25) is 0 Å². The molecule has 0 fully saturated rings. The Balaban J connectivity index is 2.35. The van der Waals surface area contributed by atoms with Crippen molar-refractivity contribution in [3.05, 3.63) is 71.5 Å². The number of hydrogen-bond acceptors (Lipinski definition) is 2. The predicted molar refractivity (Wildman–Crippen MR) is 114 cm³/mol. The van der Waals surface area contributed by atoms with Crippen LogP contribution < -0.4 is 5.32 Å². The predicted octanol–water partition coefficient (Wildman–Crippen LogP) is 4.86. The molecule has 0 unspecified atom stereocenters. The molecule has 156 valence electrons. The lowest BCUT2D eigenvalue weighted by atomic mass is 10.0. The van der Waals surface area contributed by atoms with Gasteiger partial charge in [0.15, 0.2) is 0 Å². The fraction of sp³-hybridized carbons (Fsp3) is 0.417. The molecule has 0 aliphatic carbocycles. The van der Waals surface area contributed by atoms with Crippen LogP contribution in [0.4, 0.5) is 4.39 Å². The molecule has 0 saturated heterocycles. The van der Waals surface area contributed by atoms with Crippen LogP contribution in [-0.2, 0) is 16.1 Å². The van der Waals surface area contributed by atoms with Crippen molar-refractivity contribution in [2.45, 2.75) is 52.6 Å². The zero-order chi connectivity index (χ0) is 21.2. The molecule has 0 heterocycles. The van der Waals surface area contributed by atoms with E-state index in [0.717, 1.165) is 30.4 Å². The maximum Gasteiger partial charge on any atom is 0.247 e. The first-order valence-electron chi connectivity index (χ1n) is 10.3. The van der Waals surface area contributed by atoms with Crippen LogP contribution in [0, 0.1) is 11.7 Å². The topological polar surface area (TPSA) is 49.4 Å². The average Bonchev–Trinajstić information content (AvgIpc) is 2.72. The molecule has 0 spiro atoms. The van der Waals surface area contributed by atoms with E-state index < -0.39 is 6.04 Å². The van der Waals surface area contributed by atoms with Gasteiger partial charge in [-0.05, 0) is 29.7 Å². The lowest BCUT2D eigenvalue weighted by molar-refractivity contribution is -0.144. The number of nitrogens with one attached hydrogen (secondary N) is 1. The summed E-state index contributed by atoms with van der Waals surface area (Å²) in [5.74, 6) is -0.909. The number of amides is 2. The first-order chi connectivity index (χ1) is 13.9. The number of rotatable bonds is 10. The minimum Gasteiger partial charge on any atom is -0.354 e. The van der Waals surface area contributed by atoms with Gasteiger partial charge in [-0.2, -0.15) is 0 Å². The Labute approximate surface area is 173 Å². The maximum absolute atomic E-state index is 13.3. The highest BCUT2D eigenvalue weighted by molar-refractivity contribution is 5.89. The Bertz CT molecular complexity index is 775. The first-order valence-corrected chi connectivity index (χ1v) is 10.3. The van der Waals surface area contributed by atoms with Crippen molar-refractivity contribution in [1.29, 1.82) is 0 Å². The number of hydrogen-bond donors (Lipinski definition) is 1. The molecule has 0 aliphatic heterocycles. The van der Waals surface area contributed by atoms with Crippen LogP contribution in [0.5, 0.6) is 0 Å². The minimum absolute atomic E-state index is 0.119. The number of carbonyl (C=O) groups excluding carboxylic acids is 2. The normalized spacial score (nSPS) is 11.9. The van der Waals surface area contributed by atoms with Crippen molar-refractivity contribution in [1.82, 2.24) is 10.2 Å². The van der Waals surface area contributed by atoms with Crippen LogP contribution in [0.1, 0.15) is 57.2 Å². The number of benzene rings is 2. The molecular weight excluding hydrogens is 367 g/mol. The minimum atomic E-state index is -0.738. The summed E-state index contributed by atoms with van der Waals surface area (Å²) in [6.07, 6.45) is 3.01. The van der Waals surface area contributed by atoms with Gasteiger partial charge in [-0.25, -0.2) is 4.39 Å². The van der Waals surface area contributed by atoms with E-state index >= 15 is 0 Å². The van der Waals surface area contributed by atoms with E-state index in [2.05, 4.69) is 12.2 Å². The van der Waals surface area contributed by atoms with Crippen molar-refractivity contribution >= 4 is 11.8 Å². The fourth-order valence-corrected chi connectivity index (χ4v) is 3.21. The van der Waals surface area contributed by atoms with Gasteiger partial charge in [-0.15, -0.1) is 0 Å². The van der Waals surface area contributed by atoms with Crippen LogP contribution in [0.3, 0.4) is 0 Å². The zero-order valence-electron chi connectivity index (χ0n) is 17.5. The second-order valence-corrected chi connectivity index (χ2v) is 7.56. The fourth-order valence-electron chi connectivity index (χ4n) is 3.21. The van der Waals surface area contributed by atoms with Crippen molar-refractivity contribution in [2.75, 3.05) is 6.54 Å². The molecule has 5 heteroatoms. The van der Waals surface area contributed by atoms with Gasteiger partial charge in [-0.1, -0.05) is 76.1 Å². The van der Waals surface area contributed by atoms with E-state index in [4.69, 9.17) is 0 Å². The van der Waals surface area contributed by atoms with Crippen molar-refractivity contribution in [2.24, 2.45) is 5.92 Å². The summed E-state index contributed by atoms with van der Waals surface area (Å²) in [5, 5.41) is 2.99. The third kappa shape index (κ3) is 6.70. The highest BCUT2D eigenvalue weighted by Crippen LogP contribution is 2.25. The summed E-state index contributed by atoms with van der Waals surface area (Å²) >= 11 is 0. The summed E-state index contributed by atoms with van der Waals surface area (Å²) in [6.45, 7) is 6.57. The Hall–Kier alpha value is -2.69. The molecule has 2 amide bonds. The molecule has 4 nitrogen and oxygen atoms in total. The zero-order valence-corrected chi connectivity index (χ0v) is 17.5. The summed E-state index contributed by atoms with van der Waals surface area (Å²) in [7, 11) is 0. The number of carbonyl (C=O) groups is 2. The van der Waals surface area contributed by atoms with Gasteiger partial charge in [0.05, 0.1) is 0 Å². The molecule has 0 saturated carbocycles. The van der Waals surface area contributed by atoms with Crippen LogP contribution in [-0.4, -0.2) is 23.3 Å². The summed E-state index contributed by atoms with van der Waals surface area (Å²) in [6, 6.07) is 14.6. The van der Waals surface area contributed by atoms with E-state index in [9.17, 15) is 14.0 Å². The number of unbranched alkanes of at least 4 members (excludes halogenated alkanes) is 2. The maximum atomic E-state index is 13.3. The second-order valence-electron chi connectivity index (χ2n) is 7.56. The average molecular weight is 399 g/mol. The SMILES string of the molecule is CCCCCNC(=O)[C@@H](c1ccccc1)N(Cc1ccc(F)cc1)C(=O)C(C)C. The van der Waals surface area contributed by atoms with E-state index in [0.29, 0.717) is 6.54 Å². The highest BCUT2D eigenvalue weighted by Gasteiger charge is 2.32. The smallest absolute Gasteiger partial charge is 0.247 e. The molecule has 2 rings (SSSR count). The first kappa shape index (κ1) is 22.6. The van der Waals surface area contributed by atoms with Crippen molar-refractivity contribution in [3.63, 3.8) is 0 Å². The molecular formula is C24H31FN2O2. The van der Waals surface area contributed by atoms with Gasteiger partial charge in [0.1, 0.15) is 11.9 Å². The van der Waals surface area contributed by atoms with Crippen LogP contribution in [0.15, 0.2) is 54.6 Å². The Kier molecular flexibility index (Phi) is 8.84.